The monoisotopic (exact) mass is 384 g/mol. The maximum Gasteiger partial charge on any atom is 0.315 e. The summed E-state index contributed by atoms with van der Waals surface area (Å²) in [5, 5.41) is 7.34. The Morgan fingerprint density at radius 2 is 2.11 bits per heavy atom. The van der Waals surface area contributed by atoms with Gasteiger partial charge in [-0.25, -0.2) is 4.98 Å². The molecule has 0 fully saturated rings. The molecule has 9 nitrogen and oxygen atoms in total. The van der Waals surface area contributed by atoms with Crippen molar-refractivity contribution in [2.45, 2.75) is 25.8 Å². The molecule has 0 radical (unpaired) electrons. The third-order valence-corrected chi connectivity index (χ3v) is 5.54. The van der Waals surface area contributed by atoms with E-state index < -0.39 is 5.91 Å². The molecule has 0 bridgehead atoms. The molecular weight excluding hydrogens is 368 g/mol. The standard InChI is InChI=1S/C17H16N6O3S/c18-14(24)16-22-13(23-26-16)8-20-15(25)10-1-2-12-11(7-10)21-17(27-12)9-3-5-19-6-4-9/h3-6,10H,1-2,7-8H2,(H2,18,24)(H,20,25). The smallest absolute Gasteiger partial charge is 0.315 e. The zero-order valence-electron chi connectivity index (χ0n) is 14.2. The minimum atomic E-state index is -0.798. The van der Waals surface area contributed by atoms with Crippen molar-refractivity contribution in [3.05, 3.63) is 46.8 Å². The molecular formula is C17H16N6O3S. The number of nitrogens with zero attached hydrogens (tertiary/aromatic N) is 4. The Kier molecular flexibility index (Phi) is 4.63. The van der Waals surface area contributed by atoms with Crippen LogP contribution in [0, 0.1) is 5.92 Å². The number of nitrogens with two attached hydrogens (primary N) is 1. The summed E-state index contributed by atoms with van der Waals surface area (Å²) in [7, 11) is 0. The van der Waals surface area contributed by atoms with Crippen LogP contribution < -0.4 is 11.1 Å². The summed E-state index contributed by atoms with van der Waals surface area (Å²) < 4.78 is 4.70. The summed E-state index contributed by atoms with van der Waals surface area (Å²) in [6.07, 6.45) is 5.67. The third kappa shape index (κ3) is 3.70. The molecule has 3 heterocycles. The van der Waals surface area contributed by atoms with E-state index in [0.717, 1.165) is 29.1 Å². The highest BCUT2D eigenvalue weighted by molar-refractivity contribution is 7.15. The van der Waals surface area contributed by atoms with Crippen LogP contribution in [0.5, 0.6) is 0 Å². The van der Waals surface area contributed by atoms with Gasteiger partial charge in [-0.2, -0.15) is 4.98 Å². The topological polar surface area (TPSA) is 137 Å². The lowest BCUT2D eigenvalue weighted by Crippen LogP contribution is -2.33. The summed E-state index contributed by atoms with van der Waals surface area (Å²) in [6, 6.07) is 3.86. The average molecular weight is 384 g/mol. The van der Waals surface area contributed by atoms with Gasteiger partial charge in [-0.05, 0) is 25.0 Å². The van der Waals surface area contributed by atoms with Gasteiger partial charge in [-0.15, -0.1) is 11.3 Å². The van der Waals surface area contributed by atoms with Gasteiger partial charge in [0.15, 0.2) is 5.82 Å². The predicted molar refractivity (Wildman–Crippen MR) is 95.5 cm³/mol. The number of pyridine rings is 1. The van der Waals surface area contributed by atoms with Gasteiger partial charge in [0, 0.05) is 35.2 Å². The zero-order valence-corrected chi connectivity index (χ0v) is 15.0. The Hall–Kier alpha value is -3.14. The van der Waals surface area contributed by atoms with Crippen LogP contribution in [0.25, 0.3) is 10.6 Å². The summed E-state index contributed by atoms with van der Waals surface area (Å²) in [6.45, 7) is 0.0816. The van der Waals surface area contributed by atoms with E-state index >= 15 is 0 Å². The Morgan fingerprint density at radius 1 is 1.30 bits per heavy atom. The second kappa shape index (κ2) is 7.23. The SMILES string of the molecule is NC(=O)c1nc(CNC(=O)C2CCc3sc(-c4ccncc4)nc3C2)no1. The largest absolute Gasteiger partial charge is 0.361 e. The molecule has 1 aliphatic rings. The number of rotatable bonds is 5. The van der Waals surface area contributed by atoms with E-state index in [1.54, 1.807) is 23.7 Å². The van der Waals surface area contributed by atoms with Crippen LogP contribution in [0.15, 0.2) is 29.0 Å². The fraction of sp³-hybridized carbons (Fsp3) is 0.294. The Morgan fingerprint density at radius 3 is 2.85 bits per heavy atom. The van der Waals surface area contributed by atoms with Crippen LogP contribution in [0.3, 0.4) is 0 Å². The van der Waals surface area contributed by atoms with Crippen molar-refractivity contribution in [1.82, 2.24) is 25.4 Å². The second-order valence-corrected chi connectivity index (χ2v) is 7.25. The number of fused-ring (bicyclic) bond motifs is 1. The lowest BCUT2D eigenvalue weighted by atomic mass is 9.90. The molecule has 3 aromatic rings. The molecule has 4 rings (SSSR count). The Labute approximate surface area is 158 Å². The molecule has 0 saturated heterocycles. The lowest BCUT2D eigenvalue weighted by Gasteiger charge is -2.19. The summed E-state index contributed by atoms with van der Waals surface area (Å²) >= 11 is 1.67. The van der Waals surface area contributed by atoms with Crippen molar-refractivity contribution in [3.63, 3.8) is 0 Å². The van der Waals surface area contributed by atoms with Gasteiger partial charge < -0.3 is 15.6 Å². The van der Waals surface area contributed by atoms with Crippen LogP contribution >= 0.6 is 11.3 Å². The Balaban J connectivity index is 1.39. The van der Waals surface area contributed by atoms with E-state index in [4.69, 9.17) is 15.2 Å². The number of aryl methyl sites for hydroxylation is 1. The van der Waals surface area contributed by atoms with Crippen LogP contribution in [-0.2, 0) is 24.2 Å². The highest BCUT2D eigenvalue weighted by Gasteiger charge is 2.28. The quantitative estimate of drug-likeness (QED) is 0.672. The number of hydrogen-bond acceptors (Lipinski definition) is 8. The third-order valence-electron chi connectivity index (χ3n) is 4.34. The van der Waals surface area contributed by atoms with Gasteiger partial charge in [0.1, 0.15) is 5.01 Å². The van der Waals surface area contributed by atoms with E-state index in [-0.39, 0.29) is 30.1 Å². The molecule has 1 unspecified atom stereocenters. The molecule has 2 amide bonds. The van der Waals surface area contributed by atoms with Gasteiger partial charge in [-0.3, -0.25) is 14.6 Å². The van der Waals surface area contributed by atoms with Gasteiger partial charge in [0.25, 0.3) is 0 Å². The van der Waals surface area contributed by atoms with E-state index in [1.807, 2.05) is 12.1 Å². The average Bonchev–Trinajstić information content (AvgIpc) is 3.33. The van der Waals surface area contributed by atoms with E-state index in [1.165, 1.54) is 4.88 Å². The number of primary amides is 1. The summed E-state index contributed by atoms with van der Waals surface area (Å²) in [5.41, 5.74) is 7.07. The van der Waals surface area contributed by atoms with Crippen LogP contribution in [-0.4, -0.2) is 31.9 Å². The summed E-state index contributed by atoms with van der Waals surface area (Å²) in [5.74, 6) is -1.11. The van der Waals surface area contributed by atoms with Gasteiger partial charge in [0.05, 0.1) is 12.2 Å². The number of carbonyl (C=O) groups excluding carboxylic acids is 2. The van der Waals surface area contributed by atoms with Crippen molar-refractivity contribution in [2.24, 2.45) is 11.7 Å². The molecule has 138 valence electrons. The van der Waals surface area contributed by atoms with Gasteiger partial charge in [0.2, 0.25) is 5.91 Å². The van der Waals surface area contributed by atoms with E-state index in [9.17, 15) is 9.59 Å². The number of carbonyl (C=O) groups is 2. The number of nitrogens with one attached hydrogen (secondary N) is 1. The number of hydrogen-bond donors (Lipinski definition) is 2. The molecule has 0 aromatic carbocycles. The van der Waals surface area contributed by atoms with Gasteiger partial charge in [-0.1, -0.05) is 5.16 Å². The molecule has 10 heteroatoms. The zero-order chi connectivity index (χ0) is 18.8. The molecule has 27 heavy (non-hydrogen) atoms. The second-order valence-electron chi connectivity index (χ2n) is 6.16. The van der Waals surface area contributed by atoms with E-state index in [0.29, 0.717) is 6.42 Å². The van der Waals surface area contributed by atoms with Crippen molar-refractivity contribution < 1.29 is 14.1 Å². The predicted octanol–water partition coefficient (Wildman–Crippen LogP) is 1.11. The maximum absolute atomic E-state index is 12.5. The van der Waals surface area contributed by atoms with Crippen LogP contribution in [0.4, 0.5) is 0 Å². The number of thiazole rings is 1. The molecule has 0 spiro atoms. The van der Waals surface area contributed by atoms with Gasteiger partial charge >= 0.3 is 11.8 Å². The lowest BCUT2D eigenvalue weighted by molar-refractivity contribution is -0.125. The Bertz CT molecular complexity index is 984. The highest BCUT2D eigenvalue weighted by atomic mass is 32.1. The first-order valence-corrected chi connectivity index (χ1v) is 9.21. The van der Waals surface area contributed by atoms with Crippen LogP contribution in [0.1, 0.15) is 33.5 Å². The number of aromatic nitrogens is 4. The minimum Gasteiger partial charge on any atom is -0.361 e. The minimum absolute atomic E-state index is 0.0816. The molecule has 3 N–H and O–H groups in total. The van der Waals surface area contributed by atoms with Crippen LogP contribution in [0.2, 0.25) is 0 Å². The number of amides is 2. The fourth-order valence-corrected chi connectivity index (χ4v) is 4.07. The first-order valence-electron chi connectivity index (χ1n) is 8.39. The highest BCUT2D eigenvalue weighted by Crippen LogP contribution is 2.34. The summed E-state index contributed by atoms with van der Waals surface area (Å²) in [4.78, 5) is 37.2. The first kappa shape index (κ1) is 17.3. The molecule has 1 atom stereocenters. The first-order chi connectivity index (χ1) is 13.1. The van der Waals surface area contributed by atoms with Crippen molar-refractivity contribution in [1.29, 1.82) is 0 Å². The molecule has 0 aliphatic heterocycles. The fourth-order valence-electron chi connectivity index (χ4n) is 2.96. The van der Waals surface area contributed by atoms with E-state index in [2.05, 4.69) is 20.4 Å². The van der Waals surface area contributed by atoms with Crippen molar-refractivity contribution in [3.8, 4) is 10.6 Å². The van der Waals surface area contributed by atoms with Crippen molar-refractivity contribution in [2.75, 3.05) is 0 Å². The van der Waals surface area contributed by atoms with Crippen molar-refractivity contribution >= 4 is 23.2 Å². The molecule has 3 aromatic heterocycles. The molecule has 0 saturated carbocycles. The normalized spacial score (nSPS) is 15.9. The molecule has 1 aliphatic carbocycles. The maximum atomic E-state index is 12.5.